The number of benzene rings is 2. The van der Waals surface area contributed by atoms with E-state index in [0.717, 1.165) is 5.56 Å². The number of hydrogen-bond acceptors (Lipinski definition) is 4. The lowest BCUT2D eigenvalue weighted by Crippen LogP contribution is -2.44. The molecule has 1 atom stereocenters. The van der Waals surface area contributed by atoms with Gasteiger partial charge in [-0.05, 0) is 37.6 Å². The molecule has 1 aliphatic rings. The predicted molar refractivity (Wildman–Crippen MR) is 105 cm³/mol. The minimum absolute atomic E-state index is 0.00102. The van der Waals surface area contributed by atoms with Crippen LogP contribution in [0.1, 0.15) is 28.4 Å². The van der Waals surface area contributed by atoms with Crippen molar-refractivity contribution < 1.29 is 17.9 Å². The Bertz CT molecular complexity index is 910. The highest BCUT2D eigenvalue weighted by Crippen LogP contribution is 2.17. The van der Waals surface area contributed by atoms with Gasteiger partial charge in [-0.15, -0.1) is 0 Å². The van der Waals surface area contributed by atoms with E-state index in [1.807, 2.05) is 26.0 Å². The summed E-state index contributed by atoms with van der Waals surface area (Å²) in [6.45, 7) is 5.45. The Morgan fingerprint density at radius 1 is 1.22 bits per heavy atom. The number of aryl methyl sites for hydroxylation is 1. The molecule has 2 aromatic rings. The molecule has 144 valence electrons. The van der Waals surface area contributed by atoms with Crippen LogP contribution in [0.3, 0.4) is 0 Å². The summed E-state index contributed by atoms with van der Waals surface area (Å²) in [5.74, 6) is -0.239. The van der Waals surface area contributed by atoms with E-state index in [9.17, 15) is 13.2 Å². The highest BCUT2D eigenvalue weighted by atomic mass is 32.2. The van der Waals surface area contributed by atoms with Crippen LogP contribution in [0.15, 0.2) is 48.5 Å². The molecular formula is C20H24N2O4S. The lowest BCUT2D eigenvalue weighted by atomic mass is 10.1. The highest BCUT2D eigenvalue weighted by molar-refractivity contribution is 7.91. The van der Waals surface area contributed by atoms with Crippen LogP contribution < -0.4 is 4.72 Å². The van der Waals surface area contributed by atoms with Crippen molar-refractivity contribution in [3.63, 3.8) is 0 Å². The van der Waals surface area contributed by atoms with Crippen LogP contribution in [0, 0.1) is 6.92 Å². The van der Waals surface area contributed by atoms with Crippen LogP contribution in [0.2, 0.25) is 0 Å². The molecule has 0 radical (unpaired) electrons. The molecular weight excluding hydrogens is 364 g/mol. The molecule has 1 saturated heterocycles. The Hall–Kier alpha value is -2.38. The summed E-state index contributed by atoms with van der Waals surface area (Å²) in [6.07, 6.45) is -0.00102. The zero-order valence-electron chi connectivity index (χ0n) is 15.5. The Morgan fingerprint density at radius 3 is 2.67 bits per heavy atom. The van der Waals surface area contributed by atoms with Gasteiger partial charge in [0, 0.05) is 24.3 Å². The molecule has 6 nitrogen and oxygen atoms in total. The summed E-state index contributed by atoms with van der Waals surface area (Å²) in [6, 6.07) is 14.0. The van der Waals surface area contributed by atoms with Crippen molar-refractivity contribution in [2.75, 3.05) is 24.4 Å². The van der Waals surface area contributed by atoms with Crippen molar-refractivity contribution in [3.8, 4) is 0 Å². The number of morpholine rings is 1. The largest absolute Gasteiger partial charge is 0.375 e. The van der Waals surface area contributed by atoms with Crippen molar-refractivity contribution in [3.05, 3.63) is 65.2 Å². The average Bonchev–Trinajstić information content (AvgIpc) is 2.62. The maximum atomic E-state index is 12.7. The van der Waals surface area contributed by atoms with E-state index in [1.165, 1.54) is 0 Å². The van der Waals surface area contributed by atoms with E-state index in [4.69, 9.17) is 4.74 Å². The maximum absolute atomic E-state index is 12.7. The fourth-order valence-corrected chi connectivity index (χ4v) is 4.21. The molecule has 7 heteroatoms. The first-order chi connectivity index (χ1) is 12.8. The zero-order valence-corrected chi connectivity index (χ0v) is 16.3. The fraction of sp³-hybridized carbons (Fsp3) is 0.350. The van der Waals surface area contributed by atoms with E-state index in [0.29, 0.717) is 36.5 Å². The number of rotatable bonds is 5. The molecule has 0 saturated carbocycles. The molecule has 1 heterocycles. The van der Waals surface area contributed by atoms with Gasteiger partial charge in [0.05, 0.1) is 18.5 Å². The summed E-state index contributed by atoms with van der Waals surface area (Å²) in [7, 11) is -3.57. The second-order valence-corrected chi connectivity index (χ2v) is 8.58. The quantitative estimate of drug-likeness (QED) is 0.855. The van der Waals surface area contributed by atoms with E-state index < -0.39 is 10.0 Å². The minimum Gasteiger partial charge on any atom is -0.375 e. The Kier molecular flexibility index (Phi) is 5.82. The molecule has 1 unspecified atom stereocenters. The first kappa shape index (κ1) is 19.4. The van der Waals surface area contributed by atoms with Gasteiger partial charge in [0.25, 0.3) is 5.91 Å². The number of nitrogens with zero attached hydrogens (tertiary/aromatic N) is 1. The number of amides is 1. The van der Waals surface area contributed by atoms with Gasteiger partial charge in [-0.3, -0.25) is 9.52 Å². The van der Waals surface area contributed by atoms with Gasteiger partial charge in [0.1, 0.15) is 0 Å². The van der Waals surface area contributed by atoms with Gasteiger partial charge >= 0.3 is 0 Å². The Labute approximate surface area is 160 Å². The standard InChI is InChI=1S/C20H24N2O4S/c1-15-6-8-17(9-7-15)14-27(24,25)21-19-5-3-4-18(12-19)20(23)22-10-11-26-16(2)13-22/h3-9,12,16,21H,10-11,13-14H2,1-2H3. The van der Waals surface area contributed by atoms with Crippen LogP contribution in [0.25, 0.3) is 0 Å². The van der Waals surface area contributed by atoms with Crippen molar-refractivity contribution in [2.24, 2.45) is 0 Å². The van der Waals surface area contributed by atoms with Crippen molar-refractivity contribution >= 4 is 21.6 Å². The van der Waals surface area contributed by atoms with E-state index in [1.54, 1.807) is 41.3 Å². The predicted octanol–water partition coefficient (Wildman–Crippen LogP) is 2.80. The van der Waals surface area contributed by atoms with Crippen LogP contribution in [-0.2, 0) is 20.5 Å². The van der Waals surface area contributed by atoms with Crippen molar-refractivity contribution in [1.82, 2.24) is 4.90 Å². The third-order valence-corrected chi connectivity index (χ3v) is 5.65. The second kappa shape index (κ2) is 8.10. The van der Waals surface area contributed by atoms with Crippen LogP contribution >= 0.6 is 0 Å². The number of carbonyl (C=O) groups is 1. The first-order valence-corrected chi connectivity index (χ1v) is 10.5. The van der Waals surface area contributed by atoms with E-state index in [2.05, 4.69) is 4.72 Å². The van der Waals surface area contributed by atoms with Gasteiger partial charge in [-0.25, -0.2) is 8.42 Å². The van der Waals surface area contributed by atoms with Crippen LogP contribution in [0.5, 0.6) is 0 Å². The lowest BCUT2D eigenvalue weighted by molar-refractivity contribution is -0.0124. The number of ether oxygens (including phenoxy) is 1. The average molecular weight is 388 g/mol. The molecule has 1 aliphatic heterocycles. The third-order valence-electron chi connectivity index (χ3n) is 4.39. The highest BCUT2D eigenvalue weighted by Gasteiger charge is 2.23. The first-order valence-electron chi connectivity index (χ1n) is 8.89. The zero-order chi connectivity index (χ0) is 19.4. The van der Waals surface area contributed by atoms with Crippen molar-refractivity contribution in [1.29, 1.82) is 0 Å². The molecule has 1 N–H and O–H groups in total. The number of hydrogen-bond donors (Lipinski definition) is 1. The normalized spacial score (nSPS) is 17.6. The number of sulfonamides is 1. The second-order valence-electron chi connectivity index (χ2n) is 6.86. The van der Waals surface area contributed by atoms with Gasteiger partial charge in [0.2, 0.25) is 10.0 Å². The SMILES string of the molecule is Cc1ccc(CS(=O)(=O)Nc2cccc(C(=O)N3CCOC(C)C3)c2)cc1. The summed E-state index contributed by atoms with van der Waals surface area (Å²) >= 11 is 0. The Balaban J connectivity index is 1.71. The third kappa shape index (κ3) is 5.30. The number of nitrogens with one attached hydrogen (secondary N) is 1. The molecule has 0 aromatic heterocycles. The maximum Gasteiger partial charge on any atom is 0.254 e. The number of carbonyl (C=O) groups excluding carboxylic acids is 1. The fourth-order valence-electron chi connectivity index (χ4n) is 3.02. The molecule has 2 aromatic carbocycles. The molecule has 1 fully saturated rings. The topological polar surface area (TPSA) is 75.7 Å². The minimum atomic E-state index is -3.57. The molecule has 0 bridgehead atoms. The van der Waals surface area contributed by atoms with E-state index in [-0.39, 0.29) is 17.8 Å². The summed E-state index contributed by atoms with van der Waals surface area (Å²) in [5, 5.41) is 0. The summed E-state index contributed by atoms with van der Waals surface area (Å²) in [5.41, 5.74) is 2.63. The van der Waals surface area contributed by atoms with E-state index >= 15 is 0 Å². The monoisotopic (exact) mass is 388 g/mol. The molecule has 1 amide bonds. The van der Waals surface area contributed by atoms with Crippen LogP contribution in [-0.4, -0.2) is 45.0 Å². The molecule has 0 spiro atoms. The molecule has 0 aliphatic carbocycles. The number of anilines is 1. The van der Waals surface area contributed by atoms with Gasteiger partial charge in [-0.1, -0.05) is 35.9 Å². The lowest BCUT2D eigenvalue weighted by Gasteiger charge is -2.31. The summed E-state index contributed by atoms with van der Waals surface area (Å²) < 4.78 is 32.9. The van der Waals surface area contributed by atoms with Gasteiger partial charge < -0.3 is 9.64 Å². The van der Waals surface area contributed by atoms with Gasteiger partial charge in [0.15, 0.2) is 0 Å². The molecule has 3 rings (SSSR count). The Morgan fingerprint density at radius 2 is 1.96 bits per heavy atom. The van der Waals surface area contributed by atoms with Crippen LogP contribution in [0.4, 0.5) is 5.69 Å². The smallest absolute Gasteiger partial charge is 0.254 e. The van der Waals surface area contributed by atoms with Gasteiger partial charge in [-0.2, -0.15) is 0 Å². The van der Waals surface area contributed by atoms with Crippen molar-refractivity contribution in [2.45, 2.75) is 25.7 Å². The summed E-state index contributed by atoms with van der Waals surface area (Å²) in [4.78, 5) is 14.4. The molecule has 27 heavy (non-hydrogen) atoms.